The van der Waals surface area contributed by atoms with Crippen LogP contribution in [0.15, 0.2) is 12.1 Å². The monoisotopic (exact) mass is 269 g/mol. The Morgan fingerprint density at radius 2 is 1.79 bits per heavy atom. The SMILES string of the molecule is Fc1ccc(C2(C3CC3)CCCCCN2)c(F)c1F. The third-order valence-corrected chi connectivity index (χ3v) is 4.48. The van der Waals surface area contributed by atoms with Crippen molar-refractivity contribution in [2.24, 2.45) is 5.92 Å². The minimum atomic E-state index is -1.34. The molecule has 1 nitrogen and oxygen atoms in total. The summed E-state index contributed by atoms with van der Waals surface area (Å²) in [5.41, 5.74) is -0.175. The smallest absolute Gasteiger partial charge is 0.194 e. The van der Waals surface area contributed by atoms with E-state index in [-0.39, 0.29) is 0 Å². The maximum absolute atomic E-state index is 14.2. The number of rotatable bonds is 2. The van der Waals surface area contributed by atoms with Crippen LogP contribution in [0.4, 0.5) is 13.2 Å². The van der Waals surface area contributed by atoms with Crippen LogP contribution < -0.4 is 5.32 Å². The third kappa shape index (κ3) is 2.16. The molecule has 1 atom stereocenters. The zero-order chi connectivity index (χ0) is 13.5. The lowest BCUT2D eigenvalue weighted by Gasteiger charge is -2.35. The fourth-order valence-electron chi connectivity index (χ4n) is 3.35. The lowest BCUT2D eigenvalue weighted by Crippen LogP contribution is -2.44. The standard InChI is InChI=1S/C15H18F3N/c16-12-7-6-11(13(17)14(12)18)15(10-4-5-10)8-2-1-3-9-19-15/h6-7,10,19H,1-5,8-9H2. The predicted molar refractivity (Wildman–Crippen MR) is 67.2 cm³/mol. The van der Waals surface area contributed by atoms with Crippen LogP contribution in [0.1, 0.15) is 44.1 Å². The van der Waals surface area contributed by atoms with Crippen molar-refractivity contribution in [1.82, 2.24) is 5.32 Å². The highest BCUT2D eigenvalue weighted by Crippen LogP contribution is 2.50. The van der Waals surface area contributed by atoms with E-state index in [2.05, 4.69) is 5.32 Å². The van der Waals surface area contributed by atoms with Gasteiger partial charge in [-0.25, -0.2) is 13.2 Å². The quantitative estimate of drug-likeness (QED) is 0.804. The molecule has 1 aliphatic carbocycles. The maximum Gasteiger partial charge on any atom is 0.194 e. The zero-order valence-corrected chi connectivity index (χ0v) is 10.8. The molecule has 4 heteroatoms. The molecule has 0 bridgehead atoms. The zero-order valence-electron chi connectivity index (χ0n) is 10.8. The molecule has 0 spiro atoms. The lowest BCUT2D eigenvalue weighted by molar-refractivity contribution is 0.263. The molecule has 1 saturated heterocycles. The Balaban J connectivity index is 2.07. The normalized spacial score (nSPS) is 28.2. The second-order valence-corrected chi connectivity index (χ2v) is 5.71. The van der Waals surface area contributed by atoms with Gasteiger partial charge in [0, 0.05) is 11.1 Å². The Bertz CT molecular complexity index is 475. The first-order valence-electron chi connectivity index (χ1n) is 7.04. The van der Waals surface area contributed by atoms with E-state index in [4.69, 9.17) is 0 Å². The molecule has 1 N–H and O–H groups in total. The Hall–Kier alpha value is -1.03. The van der Waals surface area contributed by atoms with Crippen molar-refractivity contribution in [1.29, 1.82) is 0 Å². The molecule has 0 aromatic heterocycles. The largest absolute Gasteiger partial charge is 0.307 e. The van der Waals surface area contributed by atoms with Crippen LogP contribution in [0.5, 0.6) is 0 Å². The first kappa shape index (κ1) is 13.0. The third-order valence-electron chi connectivity index (χ3n) is 4.48. The number of halogens is 3. The predicted octanol–water partition coefficient (Wildman–Crippen LogP) is 3.87. The van der Waals surface area contributed by atoms with Crippen molar-refractivity contribution >= 4 is 0 Å². The highest BCUT2D eigenvalue weighted by molar-refractivity contribution is 5.31. The Morgan fingerprint density at radius 3 is 2.53 bits per heavy atom. The summed E-state index contributed by atoms with van der Waals surface area (Å²) in [5, 5.41) is 3.43. The summed E-state index contributed by atoms with van der Waals surface area (Å²) in [6.45, 7) is 0.814. The van der Waals surface area contributed by atoms with Crippen molar-refractivity contribution in [3.05, 3.63) is 35.1 Å². The molecule has 1 heterocycles. The van der Waals surface area contributed by atoms with Gasteiger partial charge in [0.2, 0.25) is 0 Å². The molecule has 2 fully saturated rings. The lowest BCUT2D eigenvalue weighted by atomic mass is 9.80. The summed E-state index contributed by atoms with van der Waals surface area (Å²) in [4.78, 5) is 0. The van der Waals surface area contributed by atoms with Gasteiger partial charge in [0.1, 0.15) is 0 Å². The Kier molecular flexibility index (Phi) is 3.29. The average Bonchev–Trinajstić information content (AvgIpc) is 3.22. The van der Waals surface area contributed by atoms with E-state index in [1.165, 1.54) is 6.07 Å². The average molecular weight is 269 g/mol. The molecule has 0 amide bonds. The number of benzene rings is 1. The topological polar surface area (TPSA) is 12.0 Å². The van der Waals surface area contributed by atoms with Gasteiger partial charge >= 0.3 is 0 Å². The molecule has 1 unspecified atom stereocenters. The van der Waals surface area contributed by atoms with Crippen LogP contribution >= 0.6 is 0 Å². The van der Waals surface area contributed by atoms with Crippen LogP contribution in [0.25, 0.3) is 0 Å². The van der Waals surface area contributed by atoms with Crippen LogP contribution in [0.3, 0.4) is 0 Å². The maximum atomic E-state index is 14.2. The van der Waals surface area contributed by atoms with E-state index >= 15 is 0 Å². The second-order valence-electron chi connectivity index (χ2n) is 5.71. The van der Waals surface area contributed by atoms with Gasteiger partial charge in [0.15, 0.2) is 17.5 Å². The van der Waals surface area contributed by atoms with Gasteiger partial charge in [-0.3, -0.25) is 0 Å². The van der Waals surface area contributed by atoms with Crippen molar-refractivity contribution < 1.29 is 13.2 Å². The van der Waals surface area contributed by atoms with E-state index in [1.807, 2.05) is 0 Å². The van der Waals surface area contributed by atoms with Crippen LogP contribution in [-0.2, 0) is 5.54 Å². The molecule has 104 valence electrons. The number of hydrogen-bond acceptors (Lipinski definition) is 1. The van der Waals surface area contributed by atoms with Gasteiger partial charge in [0.25, 0.3) is 0 Å². The molecular weight excluding hydrogens is 251 g/mol. The van der Waals surface area contributed by atoms with Gasteiger partial charge in [0.05, 0.1) is 0 Å². The first-order valence-corrected chi connectivity index (χ1v) is 7.04. The fraction of sp³-hybridized carbons (Fsp3) is 0.600. The molecule has 1 aromatic rings. The molecular formula is C15H18F3N. The summed E-state index contributed by atoms with van der Waals surface area (Å²) in [6, 6.07) is 2.47. The minimum absolute atomic E-state index is 0.316. The molecule has 1 saturated carbocycles. The first-order chi connectivity index (χ1) is 9.15. The van der Waals surface area contributed by atoms with Crippen molar-refractivity contribution in [2.75, 3.05) is 6.54 Å². The fourth-order valence-corrected chi connectivity index (χ4v) is 3.35. The van der Waals surface area contributed by atoms with Gasteiger partial charge in [-0.2, -0.15) is 0 Å². The van der Waals surface area contributed by atoms with Crippen molar-refractivity contribution in [2.45, 2.75) is 44.1 Å². The summed E-state index contributed by atoms with van der Waals surface area (Å²) >= 11 is 0. The molecule has 19 heavy (non-hydrogen) atoms. The second kappa shape index (κ2) is 4.82. The Labute approximate surface area is 111 Å². The van der Waals surface area contributed by atoms with E-state index in [0.717, 1.165) is 51.1 Å². The summed E-state index contributed by atoms with van der Waals surface area (Å²) < 4.78 is 40.8. The van der Waals surface area contributed by atoms with Crippen molar-refractivity contribution in [3.63, 3.8) is 0 Å². The van der Waals surface area contributed by atoms with E-state index in [0.29, 0.717) is 11.5 Å². The van der Waals surface area contributed by atoms with Gasteiger partial charge in [-0.05, 0) is 44.2 Å². The molecule has 2 aliphatic rings. The van der Waals surface area contributed by atoms with E-state index < -0.39 is 23.0 Å². The molecule has 3 rings (SSSR count). The summed E-state index contributed by atoms with van der Waals surface area (Å²) in [6.07, 6.45) is 6.03. The van der Waals surface area contributed by atoms with E-state index in [9.17, 15) is 13.2 Å². The molecule has 1 aliphatic heterocycles. The molecule has 1 aromatic carbocycles. The number of nitrogens with one attached hydrogen (secondary N) is 1. The molecule has 0 radical (unpaired) electrons. The minimum Gasteiger partial charge on any atom is -0.307 e. The van der Waals surface area contributed by atoms with Gasteiger partial charge in [-0.1, -0.05) is 18.9 Å². The van der Waals surface area contributed by atoms with Gasteiger partial charge < -0.3 is 5.32 Å². The highest BCUT2D eigenvalue weighted by atomic mass is 19.2. The van der Waals surface area contributed by atoms with Gasteiger partial charge in [-0.15, -0.1) is 0 Å². The summed E-state index contributed by atoms with van der Waals surface area (Å²) in [5.74, 6) is -3.12. The van der Waals surface area contributed by atoms with E-state index in [1.54, 1.807) is 0 Å². The highest BCUT2D eigenvalue weighted by Gasteiger charge is 2.48. The number of hydrogen-bond donors (Lipinski definition) is 1. The summed E-state index contributed by atoms with van der Waals surface area (Å²) in [7, 11) is 0. The van der Waals surface area contributed by atoms with Crippen LogP contribution in [0, 0.1) is 23.4 Å². The van der Waals surface area contributed by atoms with Crippen molar-refractivity contribution in [3.8, 4) is 0 Å². The van der Waals surface area contributed by atoms with Crippen LogP contribution in [0.2, 0.25) is 0 Å². The Morgan fingerprint density at radius 1 is 1.00 bits per heavy atom. The van der Waals surface area contributed by atoms with Crippen LogP contribution in [-0.4, -0.2) is 6.54 Å².